The summed E-state index contributed by atoms with van der Waals surface area (Å²) < 4.78 is 48.1. The Morgan fingerprint density at radius 1 is 1.16 bits per heavy atom. The molecule has 9 heteroatoms. The third kappa shape index (κ3) is 4.68. The first kappa shape index (κ1) is 18.7. The van der Waals surface area contributed by atoms with Crippen molar-refractivity contribution in [3.8, 4) is 11.5 Å². The average molecular weight is 368 g/mol. The van der Waals surface area contributed by atoms with E-state index in [-0.39, 0.29) is 5.56 Å². The average Bonchev–Trinajstić information content (AvgIpc) is 2.60. The molecule has 7 nitrogen and oxygen atoms in total. The zero-order valence-electron chi connectivity index (χ0n) is 13.6. The smallest absolute Gasteiger partial charge is 0.266 e. The number of rotatable bonds is 7. The standard InChI is InChI=1S/C16H17FN2O5S/c1-3-24-13-9-11(8-12(10-13)23-2)16(20)18-19-25(21,22)15-7-5-4-6-14(15)17/h4-10,19H,3H2,1-2H3,(H,18,20). The van der Waals surface area contributed by atoms with Gasteiger partial charge in [0.25, 0.3) is 15.9 Å². The number of methoxy groups -OCH3 is 1. The Hall–Kier alpha value is -2.65. The van der Waals surface area contributed by atoms with Crippen molar-refractivity contribution in [1.29, 1.82) is 0 Å². The molecule has 0 heterocycles. The normalized spacial score (nSPS) is 11.0. The lowest BCUT2D eigenvalue weighted by atomic mass is 10.2. The van der Waals surface area contributed by atoms with Crippen LogP contribution >= 0.6 is 0 Å². The summed E-state index contributed by atoms with van der Waals surface area (Å²) in [6, 6.07) is 9.25. The van der Waals surface area contributed by atoms with Gasteiger partial charge >= 0.3 is 0 Å². The lowest BCUT2D eigenvalue weighted by Gasteiger charge is -2.11. The molecule has 0 aromatic heterocycles. The maximum atomic E-state index is 13.6. The lowest BCUT2D eigenvalue weighted by Crippen LogP contribution is -2.41. The minimum atomic E-state index is -4.25. The first-order chi connectivity index (χ1) is 11.9. The first-order valence-corrected chi connectivity index (χ1v) is 8.74. The fourth-order valence-corrected chi connectivity index (χ4v) is 2.89. The molecular formula is C16H17FN2O5S. The maximum absolute atomic E-state index is 13.6. The summed E-state index contributed by atoms with van der Waals surface area (Å²) in [5, 5.41) is 0. The second-order valence-electron chi connectivity index (χ2n) is 4.82. The second kappa shape index (κ2) is 7.95. The number of amides is 1. The molecule has 0 fully saturated rings. The molecule has 0 radical (unpaired) electrons. The SMILES string of the molecule is CCOc1cc(OC)cc(C(=O)NNS(=O)(=O)c2ccccc2F)c1. The van der Waals surface area contributed by atoms with Gasteiger partial charge in [0.15, 0.2) is 0 Å². The molecule has 134 valence electrons. The van der Waals surface area contributed by atoms with Gasteiger partial charge in [-0.1, -0.05) is 12.1 Å². The van der Waals surface area contributed by atoms with E-state index in [1.54, 1.807) is 13.0 Å². The number of hydrogen-bond donors (Lipinski definition) is 2. The highest BCUT2D eigenvalue weighted by atomic mass is 32.2. The van der Waals surface area contributed by atoms with Crippen LogP contribution in [0.4, 0.5) is 4.39 Å². The van der Waals surface area contributed by atoms with E-state index in [0.29, 0.717) is 18.1 Å². The van der Waals surface area contributed by atoms with Crippen LogP contribution in [0.25, 0.3) is 0 Å². The zero-order chi connectivity index (χ0) is 18.4. The quantitative estimate of drug-likeness (QED) is 0.728. The van der Waals surface area contributed by atoms with E-state index in [0.717, 1.165) is 12.1 Å². The Morgan fingerprint density at radius 3 is 2.48 bits per heavy atom. The van der Waals surface area contributed by atoms with Crippen molar-refractivity contribution in [2.45, 2.75) is 11.8 Å². The van der Waals surface area contributed by atoms with Crippen LogP contribution in [0.5, 0.6) is 11.5 Å². The van der Waals surface area contributed by atoms with Gasteiger partial charge in [0, 0.05) is 11.6 Å². The van der Waals surface area contributed by atoms with Crippen LogP contribution in [-0.2, 0) is 10.0 Å². The fourth-order valence-electron chi connectivity index (χ4n) is 1.97. The summed E-state index contributed by atoms with van der Waals surface area (Å²) in [7, 11) is -2.83. The monoisotopic (exact) mass is 368 g/mol. The van der Waals surface area contributed by atoms with Gasteiger partial charge in [0.1, 0.15) is 22.2 Å². The number of nitrogens with one attached hydrogen (secondary N) is 2. The van der Waals surface area contributed by atoms with Crippen molar-refractivity contribution in [2.75, 3.05) is 13.7 Å². The van der Waals surface area contributed by atoms with Crippen molar-refractivity contribution in [3.05, 3.63) is 53.8 Å². The van der Waals surface area contributed by atoms with Gasteiger partial charge in [0.05, 0.1) is 13.7 Å². The molecule has 1 amide bonds. The van der Waals surface area contributed by atoms with Crippen molar-refractivity contribution in [3.63, 3.8) is 0 Å². The highest BCUT2D eigenvalue weighted by Gasteiger charge is 2.20. The third-order valence-corrected chi connectivity index (χ3v) is 4.39. The summed E-state index contributed by atoms with van der Waals surface area (Å²) in [6.07, 6.45) is 0. The summed E-state index contributed by atoms with van der Waals surface area (Å²) in [5.74, 6) is -0.916. The van der Waals surface area contributed by atoms with Gasteiger partial charge in [-0.3, -0.25) is 10.2 Å². The number of ether oxygens (including phenoxy) is 2. The number of hydrogen-bond acceptors (Lipinski definition) is 5. The first-order valence-electron chi connectivity index (χ1n) is 7.26. The minimum Gasteiger partial charge on any atom is -0.497 e. The van der Waals surface area contributed by atoms with Gasteiger partial charge in [-0.2, -0.15) is 0 Å². The molecule has 2 N–H and O–H groups in total. The molecule has 2 aromatic carbocycles. The van der Waals surface area contributed by atoms with Gasteiger partial charge < -0.3 is 9.47 Å². The Morgan fingerprint density at radius 2 is 1.84 bits per heavy atom. The van der Waals surface area contributed by atoms with Crippen LogP contribution in [0.3, 0.4) is 0 Å². The van der Waals surface area contributed by atoms with E-state index >= 15 is 0 Å². The van der Waals surface area contributed by atoms with Gasteiger partial charge in [-0.05, 0) is 31.2 Å². The van der Waals surface area contributed by atoms with Crippen LogP contribution < -0.4 is 19.7 Å². The highest BCUT2D eigenvalue weighted by molar-refractivity contribution is 7.89. The maximum Gasteiger partial charge on any atom is 0.266 e. The number of halogens is 1. The van der Waals surface area contributed by atoms with Crippen LogP contribution in [0, 0.1) is 5.82 Å². The molecule has 0 aliphatic carbocycles. The van der Waals surface area contributed by atoms with E-state index in [1.807, 2.05) is 10.3 Å². The molecular weight excluding hydrogens is 351 g/mol. The molecule has 25 heavy (non-hydrogen) atoms. The molecule has 2 rings (SSSR count). The number of benzene rings is 2. The van der Waals surface area contributed by atoms with Crippen LogP contribution in [-0.4, -0.2) is 28.0 Å². The largest absolute Gasteiger partial charge is 0.497 e. The molecule has 0 atom stereocenters. The van der Waals surface area contributed by atoms with Crippen molar-refractivity contribution >= 4 is 15.9 Å². The zero-order valence-corrected chi connectivity index (χ0v) is 14.4. The van der Waals surface area contributed by atoms with Crippen LogP contribution in [0.15, 0.2) is 47.4 Å². The minimum absolute atomic E-state index is 0.110. The lowest BCUT2D eigenvalue weighted by molar-refractivity contribution is 0.0944. The Balaban J connectivity index is 2.17. The van der Waals surface area contributed by atoms with E-state index in [2.05, 4.69) is 0 Å². The molecule has 0 aliphatic heterocycles. The summed E-state index contributed by atoms with van der Waals surface area (Å²) in [4.78, 5) is 13.5. The van der Waals surface area contributed by atoms with Gasteiger partial charge in [0.2, 0.25) is 0 Å². The summed E-state index contributed by atoms with van der Waals surface area (Å²) >= 11 is 0. The predicted octanol–water partition coefficient (Wildman–Crippen LogP) is 1.86. The van der Waals surface area contributed by atoms with Crippen molar-refractivity contribution in [1.82, 2.24) is 10.3 Å². The topological polar surface area (TPSA) is 93.7 Å². The van der Waals surface area contributed by atoms with Crippen molar-refractivity contribution < 1.29 is 27.1 Å². The third-order valence-electron chi connectivity index (χ3n) is 3.11. The van der Waals surface area contributed by atoms with E-state index in [1.165, 1.54) is 31.4 Å². The Kier molecular flexibility index (Phi) is 5.94. The molecule has 0 saturated heterocycles. The second-order valence-corrected chi connectivity index (χ2v) is 6.47. The Labute approximate surface area is 144 Å². The van der Waals surface area contributed by atoms with Crippen LogP contribution in [0.2, 0.25) is 0 Å². The molecule has 2 aromatic rings. The van der Waals surface area contributed by atoms with E-state index < -0.39 is 26.6 Å². The predicted molar refractivity (Wildman–Crippen MR) is 88.4 cm³/mol. The van der Waals surface area contributed by atoms with Crippen molar-refractivity contribution in [2.24, 2.45) is 0 Å². The fraction of sp³-hybridized carbons (Fsp3) is 0.188. The van der Waals surface area contributed by atoms with E-state index in [4.69, 9.17) is 9.47 Å². The number of carbonyl (C=O) groups is 1. The molecule has 0 unspecified atom stereocenters. The van der Waals surface area contributed by atoms with Gasteiger partial charge in [-0.15, -0.1) is 4.83 Å². The molecule has 0 spiro atoms. The highest BCUT2D eigenvalue weighted by Crippen LogP contribution is 2.22. The molecule has 0 aliphatic rings. The van der Waals surface area contributed by atoms with Gasteiger partial charge in [-0.25, -0.2) is 12.8 Å². The summed E-state index contributed by atoms with van der Waals surface area (Å²) in [5.41, 5.74) is 2.14. The summed E-state index contributed by atoms with van der Waals surface area (Å²) in [6.45, 7) is 2.16. The van der Waals surface area contributed by atoms with Crippen LogP contribution in [0.1, 0.15) is 17.3 Å². The molecule has 0 saturated carbocycles. The number of carbonyl (C=O) groups excluding carboxylic acids is 1. The Bertz CT molecular complexity index is 871. The molecule has 0 bridgehead atoms. The van der Waals surface area contributed by atoms with E-state index in [9.17, 15) is 17.6 Å². The number of hydrazine groups is 1. The number of sulfonamides is 1.